The molecule has 0 amide bonds. The number of anilines is 1. The first-order chi connectivity index (χ1) is 11.7. The van der Waals surface area contributed by atoms with Crippen LogP contribution in [0.1, 0.15) is 21.5 Å². The summed E-state index contributed by atoms with van der Waals surface area (Å²) in [6.07, 6.45) is 0.564. The molecule has 0 aromatic heterocycles. The average Bonchev–Trinajstić information content (AvgIpc) is 3.06. The summed E-state index contributed by atoms with van der Waals surface area (Å²) in [6, 6.07) is 13.6. The lowest BCUT2D eigenvalue weighted by Crippen LogP contribution is -2.36. The molecule has 0 aliphatic carbocycles. The summed E-state index contributed by atoms with van der Waals surface area (Å²) in [5.74, 6) is -0.897. The van der Waals surface area contributed by atoms with Gasteiger partial charge in [0.15, 0.2) is 0 Å². The summed E-state index contributed by atoms with van der Waals surface area (Å²) in [4.78, 5) is 18.3. The van der Waals surface area contributed by atoms with E-state index in [9.17, 15) is 9.90 Å². The van der Waals surface area contributed by atoms with Crippen LogP contribution in [-0.4, -0.2) is 43.1 Å². The Kier molecular flexibility index (Phi) is 3.78. The van der Waals surface area contributed by atoms with Gasteiger partial charge < -0.3 is 14.7 Å². The number of nitrogens with zero attached hydrogens (tertiary/aromatic N) is 2. The van der Waals surface area contributed by atoms with Crippen LogP contribution in [0.3, 0.4) is 0 Å². The number of hydrogen-bond donors (Lipinski definition) is 1. The Labute approximate surface area is 140 Å². The number of aliphatic imine (C=N–C) groups is 1. The molecule has 24 heavy (non-hydrogen) atoms. The Balaban J connectivity index is 1.57. The van der Waals surface area contributed by atoms with Gasteiger partial charge in [0.1, 0.15) is 0 Å². The normalized spacial score (nSPS) is 16.7. The van der Waals surface area contributed by atoms with E-state index in [-0.39, 0.29) is 0 Å². The van der Waals surface area contributed by atoms with Crippen molar-refractivity contribution in [1.29, 1.82) is 0 Å². The average molecular weight is 322 g/mol. The number of morpholine rings is 1. The van der Waals surface area contributed by atoms with E-state index in [1.54, 1.807) is 12.1 Å². The smallest absolute Gasteiger partial charge is 0.336 e. The summed E-state index contributed by atoms with van der Waals surface area (Å²) in [5, 5.41) is 9.32. The van der Waals surface area contributed by atoms with E-state index in [2.05, 4.69) is 34.2 Å². The number of carboxylic acid groups (broad SMARTS) is 1. The summed E-state index contributed by atoms with van der Waals surface area (Å²) in [6.45, 7) is 3.35. The molecule has 122 valence electrons. The Morgan fingerprint density at radius 3 is 2.54 bits per heavy atom. The zero-order chi connectivity index (χ0) is 16.5. The van der Waals surface area contributed by atoms with E-state index >= 15 is 0 Å². The van der Waals surface area contributed by atoms with Gasteiger partial charge in [-0.15, -0.1) is 0 Å². The maximum atomic E-state index is 11.4. The van der Waals surface area contributed by atoms with Crippen molar-refractivity contribution in [3.8, 4) is 0 Å². The van der Waals surface area contributed by atoms with Crippen LogP contribution in [0.4, 0.5) is 11.4 Å². The number of carboxylic acids is 1. The lowest BCUT2D eigenvalue weighted by atomic mass is 9.99. The number of benzene rings is 2. The molecule has 5 nitrogen and oxygen atoms in total. The van der Waals surface area contributed by atoms with Crippen LogP contribution in [0.15, 0.2) is 47.5 Å². The zero-order valence-corrected chi connectivity index (χ0v) is 13.2. The second kappa shape index (κ2) is 6.09. The number of carbonyl (C=O) groups is 1. The van der Waals surface area contributed by atoms with Gasteiger partial charge in [0, 0.05) is 25.2 Å². The first kappa shape index (κ1) is 14.9. The van der Waals surface area contributed by atoms with Crippen LogP contribution in [0, 0.1) is 0 Å². The van der Waals surface area contributed by atoms with E-state index in [0.29, 0.717) is 12.0 Å². The third-order valence-corrected chi connectivity index (χ3v) is 4.56. The van der Waals surface area contributed by atoms with Crippen LogP contribution in [0.2, 0.25) is 0 Å². The van der Waals surface area contributed by atoms with E-state index in [0.717, 1.165) is 48.8 Å². The fourth-order valence-corrected chi connectivity index (χ4v) is 3.27. The quantitative estimate of drug-likeness (QED) is 0.944. The van der Waals surface area contributed by atoms with Gasteiger partial charge in [-0.05, 0) is 35.4 Å². The summed E-state index contributed by atoms with van der Waals surface area (Å²) in [7, 11) is 0. The first-order valence-corrected chi connectivity index (χ1v) is 8.08. The largest absolute Gasteiger partial charge is 0.478 e. The Morgan fingerprint density at radius 2 is 1.83 bits per heavy atom. The molecule has 1 fully saturated rings. The number of hydrogen-bond acceptors (Lipinski definition) is 4. The molecule has 1 N–H and O–H groups in total. The Hall–Kier alpha value is -2.66. The minimum atomic E-state index is -0.897. The van der Waals surface area contributed by atoms with E-state index in [4.69, 9.17) is 4.74 Å². The SMILES string of the molecule is O=C(O)c1cccc2c1CC(c1ccc(N3CCOCC3)cc1)=N2. The molecule has 2 heterocycles. The van der Waals surface area contributed by atoms with Crippen molar-refractivity contribution >= 4 is 23.1 Å². The lowest BCUT2D eigenvalue weighted by molar-refractivity contribution is 0.0696. The van der Waals surface area contributed by atoms with Gasteiger partial charge in [0.05, 0.1) is 30.2 Å². The van der Waals surface area contributed by atoms with Crippen LogP contribution < -0.4 is 4.90 Å². The van der Waals surface area contributed by atoms with Crippen LogP contribution >= 0.6 is 0 Å². The van der Waals surface area contributed by atoms with E-state index < -0.39 is 5.97 Å². The highest BCUT2D eigenvalue weighted by Crippen LogP contribution is 2.32. The molecular weight excluding hydrogens is 304 g/mol. The van der Waals surface area contributed by atoms with Crippen molar-refractivity contribution in [1.82, 2.24) is 0 Å². The molecule has 0 unspecified atom stereocenters. The molecule has 0 atom stereocenters. The highest BCUT2D eigenvalue weighted by atomic mass is 16.5. The van der Waals surface area contributed by atoms with Gasteiger partial charge in [0.25, 0.3) is 0 Å². The zero-order valence-electron chi connectivity index (χ0n) is 13.2. The monoisotopic (exact) mass is 322 g/mol. The van der Waals surface area contributed by atoms with Gasteiger partial charge in [-0.2, -0.15) is 0 Å². The minimum Gasteiger partial charge on any atom is -0.478 e. The molecule has 0 spiro atoms. The van der Waals surface area contributed by atoms with Crippen LogP contribution in [0.5, 0.6) is 0 Å². The predicted molar refractivity (Wildman–Crippen MR) is 92.8 cm³/mol. The molecule has 2 aliphatic heterocycles. The van der Waals surface area contributed by atoms with Gasteiger partial charge in [-0.3, -0.25) is 4.99 Å². The second-order valence-electron chi connectivity index (χ2n) is 5.99. The topological polar surface area (TPSA) is 62.1 Å². The van der Waals surface area contributed by atoms with Crippen LogP contribution in [0.25, 0.3) is 0 Å². The maximum Gasteiger partial charge on any atom is 0.336 e. The van der Waals surface area contributed by atoms with Crippen molar-refractivity contribution in [2.24, 2.45) is 4.99 Å². The maximum absolute atomic E-state index is 11.4. The molecule has 0 radical (unpaired) electrons. The predicted octanol–water partition coefficient (Wildman–Crippen LogP) is 2.90. The second-order valence-corrected chi connectivity index (χ2v) is 5.99. The van der Waals surface area contributed by atoms with Crippen molar-refractivity contribution in [2.45, 2.75) is 6.42 Å². The number of rotatable bonds is 3. The fourth-order valence-electron chi connectivity index (χ4n) is 3.27. The number of fused-ring (bicyclic) bond motifs is 1. The Bertz CT molecular complexity index is 806. The highest BCUT2D eigenvalue weighted by molar-refractivity contribution is 6.08. The van der Waals surface area contributed by atoms with Crippen molar-refractivity contribution in [2.75, 3.05) is 31.2 Å². The molecule has 2 aromatic carbocycles. The van der Waals surface area contributed by atoms with Crippen molar-refractivity contribution in [3.05, 3.63) is 59.2 Å². The molecule has 1 saturated heterocycles. The van der Waals surface area contributed by atoms with Gasteiger partial charge in [-0.1, -0.05) is 18.2 Å². The highest BCUT2D eigenvalue weighted by Gasteiger charge is 2.22. The molecule has 2 aliphatic rings. The Morgan fingerprint density at radius 1 is 1.08 bits per heavy atom. The molecule has 0 saturated carbocycles. The summed E-state index contributed by atoms with van der Waals surface area (Å²) < 4.78 is 5.38. The molecular formula is C19H18N2O3. The van der Waals surface area contributed by atoms with Gasteiger partial charge in [0.2, 0.25) is 0 Å². The summed E-state index contributed by atoms with van der Waals surface area (Å²) in [5.41, 5.74) is 5.06. The van der Waals surface area contributed by atoms with E-state index in [1.807, 2.05) is 6.07 Å². The lowest BCUT2D eigenvalue weighted by Gasteiger charge is -2.28. The fraction of sp³-hybridized carbons (Fsp3) is 0.263. The van der Waals surface area contributed by atoms with Gasteiger partial charge >= 0.3 is 5.97 Å². The van der Waals surface area contributed by atoms with E-state index in [1.165, 1.54) is 5.69 Å². The van der Waals surface area contributed by atoms with Crippen molar-refractivity contribution < 1.29 is 14.6 Å². The summed E-state index contributed by atoms with van der Waals surface area (Å²) >= 11 is 0. The molecule has 5 heteroatoms. The number of aromatic carboxylic acids is 1. The van der Waals surface area contributed by atoms with Gasteiger partial charge in [-0.25, -0.2) is 4.79 Å². The molecule has 2 aromatic rings. The molecule has 0 bridgehead atoms. The first-order valence-electron chi connectivity index (χ1n) is 8.08. The minimum absolute atomic E-state index is 0.344. The third-order valence-electron chi connectivity index (χ3n) is 4.56. The molecule has 4 rings (SSSR count). The standard InChI is InChI=1S/C19H18N2O3/c22-19(23)15-2-1-3-17-16(15)12-18(20-17)13-4-6-14(7-5-13)21-8-10-24-11-9-21/h1-7H,8-12H2,(H,22,23). The van der Waals surface area contributed by atoms with Crippen LogP contribution in [-0.2, 0) is 11.2 Å². The third kappa shape index (κ3) is 2.67. The van der Waals surface area contributed by atoms with Crippen molar-refractivity contribution in [3.63, 3.8) is 0 Å². The number of ether oxygens (including phenoxy) is 1.